The molecule has 3 amide bonds. The molecule has 174 valence electrons. The minimum Gasteiger partial charge on any atom is -0.353 e. The maximum Gasteiger partial charge on any atom is 0.258 e. The van der Waals surface area contributed by atoms with Crippen LogP contribution in [0.3, 0.4) is 0 Å². The van der Waals surface area contributed by atoms with Gasteiger partial charge in [0.15, 0.2) is 0 Å². The number of para-hydroxylation sites is 1. The fourth-order valence-electron chi connectivity index (χ4n) is 5.15. The molecule has 7 heteroatoms. The molecule has 1 saturated heterocycles. The normalized spacial score (nSPS) is 20.6. The zero-order valence-electron chi connectivity index (χ0n) is 19.6. The van der Waals surface area contributed by atoms with E-state index in [1.807, 2.05) is 31.2 Å². The number of anilines is 1. The van der Waals surface area contributed by atoms with E-state index < -0.39 is 5.66 Å². The van der Waals surface area contributed by atoms with Crippen LogP contribution in [0.25, 0.3) is 0 Å². The summed E-state index contributed by atoms with van der Waals surface area (Å²) in [7, 11) is 0. The van der Waals surface area contributed by atoms with Crippen molar-refractivity contribution in [3.63, 3.8) is 0 Å². The van der Waals surface area contributed by atoms with E-state index in [1.54, 1.807) is 28.0 Å². The molecule has 0 saturated carbocycles. The van der Waals surface area contributed by atoms with Gasteiger partial charge in [-0.05, 0) is 44.1 Å². The van der Waals surface area contributed by atoms with Crippen LogP contribution >= 0.6 is 0 Å². The Hall–Kier alpha value is -3.19. The fraction of sp³-hybridized carbons (Fsp3) is 0.423. The summed E-state index contributed by atoms with van der Waals surface area (Å²) in [6.07, 6.45) is 0.861. The number of carbonyl (C=O) groups is 3. The van der Waals surface area contributed by atoms with E-state index in [9.17, 15) is 14.4 Å². The number of benzene rings is 2. The van der Waals surface area contributed by atoms with E-state index in [-0.39, 0.29) is 30.3 Å². The van der Waals surface area contributed by atoms with E-state index in [2.05, 4.69) is 36.2 Å². The molecule has 0 aromatic heterocycles. The maximum absolute atomic E-state index is 13.4. The summed E-state index contributed by atoms with van der Waals surface area (Å²) in [5.41, 5.74) is 1.40. The molecule has 2 aliphatic rings. The van der Waals surface area contributed by atoms with E-state index in [1.165, 1.54) is 0 Å². The Bertz CT molecular complexity index is 1040. The van der Waals surface area contributed by atoms with Crippen LogP contribution in [0.2, 0.25) is 0 Å². The predicted molar refractivity (Wildman–Crippen MR) is 128 cm³/mol. The molecule has 0 spiro atoms. The number of carbonyl (C=O) groups excluding carboxylic acids is 3. The van der Waals surface area contributed by atoms with Crippen LogP contribution in [-0.4, -0.2) is 59.4 Å². The molecule has 0 radical (unpaired) electrons. The van der Waals surface area contributed by atoms with Gasteiger partial charge in [-0.1, -0.05) is 56.3 Å². The lowest BCUT2D eigenvalue weighted by atomic mass is 9.98. The van der Waals surface area contributed by atoms with Gasteiger partial charge < -0.3 is 10.2 Å². The van der Waals surface area contributed by atoms with E-state index in [4.69, 9.17) is 0 Å². The van der Waals surface area contributed by atoms with Crippen molar-refractivity contribution >= 4 is 23.4 Å². The SMILES string of the molecule is CCN(CC)C(CNC(=O)CN1C(=O)c2ccccc2N2C(=O)CCC12C)c1ccccc1. The molecule has 33 heavy (non-hydrogen) atoms. The zero-order chi connectivity index (χ0) is 23.6. The largest absolute Gasteiger partial charge is 0.353 e. The van der Waals surface area contributed by atoms with Gasteiger partial charge in [0.25, 0.3) is 5.91 Å². The third-order valence-electron chi connectivity index (χ3n) is 6.98. The first-order chi connectivity index (χ1) is 15.9. The first-order valence-electron chi connectivity index (χ1n) is 11.7. The van der Waals surface area contributed by atoms with Crippen molar-refractivity contribution in [2.45, 2.75) is 45.3 Å². The standard InChI is InChI=1S/C26H32N4O3/c1-4-28(5-2)22(19-11-7-6-8-12-19)17-27-23(31)18-29-25(33)20-13-9-10-14-21(20)30-24(32)15-16-26(29,30)3/h6-14,22H,4-5,15-18H2,1-3H3,(H,27,31). The number of likely N-dealkylation sites (N-methyl/N-ethyl adjacent to an activating group) is 1. The van der Waals surface area contributed by atoms with Gasteiger partial charge in [-0.2, -0.15) is 0 Å². The van der Waals surface area contributed by atoms with Gasteiger partial charge in [0.05, 0.1) is 17.3 Å². The molecule has 7 nitrogen and oxygen atoms in total. The minimum absolute atomic E-state index is 0.0199. The van der Waals surface area contributed by atoms with Crippen molar-refractivity contribution in [1.82, 2.24) is 15.1 Å². The molecule has 4 rings (SSSR count). The Labute approximate surface area is 195 Å². The third-order valence-corrected chi connectivity index (χ3v) is 6.98. The summed E-state index contributed by atoms with van der Waals surface area (Å²) in [5, 5.41) is 3.05. The van der Waals surface area contributed by atoms with E-state index >= 15 is 0 Å². The number of amides is 3. The first kappa shape index (κ1) is 23.0. The molecule has 2 heterocycles. The van der Waals surface area contributed by atoms with Crippen molar-refractivity contribution in [2.24, 2.45) is 0 Å². The number of hydrogen-bond acceptors (Lipinski definition) is 4. The monoisotopic (exact) mass is 448 g/mol. The van der Waals surface area contributed by atoms with Crippen molar-refractivity contribution in [2.75, 3.05) is 31.1 Å². The molecular formula is C26H32N4O3. The van der Waals surface area contributed by atoms with Gasteiger partial charge in [0.2, 0.25) is 11.8 Å². The summed E-state index contributed by atoms with van der Waals surface area (Å²) in [5.74, 6) is -0.456. The third kappa shape index (κ3) is 4.13. The lowest BCUT2D eigenvalue weighted by molar-refractivity contribution is -0.124. The molecule has 2 aliphatic heterocycles. The molecular weight excluding hydrogens is 416 g/mol. The van der Waals surface area contributed by atoms with Crippen LogP contribution in [0.15, 0.2) is 54.6 Å². The topological polar surface area (TPSA) is 73.0 Å². The number of fused-ring (bicyclic) bond motifs is 3. The summed E-state index contributed by atoms with van der Waals surface area (Å²) in [6.45, 7) is 8.18. The molecule has 2 aromatic carbocycles. The Kier molecular flexibility index (Phi) is 6.51. The fourth-order valence-corrected chi connectivity index (χ4v) is 5.15. The lowest BCUT2D eigenvalue weighted by Crippen LogP contribution is -2.64. The Morgan fingerprint density at radius 1 is 1.06 bits per heavy atom. The number of nitrogens with zero attached hydrogens (tertiary/aromatic N) is 3. The Balaban J connectivity index is 1.53. The van der Waals surface area contributed by atoms with Crippen LogP contribution in [-0.2, 0) is 9.59 Å². The van der Waals surface area contributed by atoms with Crippen LogP contribution in [0.5, 0.6) is 0 Å². The molecule has 0 aliphatic carbocycles. The second-order valence-corrected chi connectivity index (χ2v) is 8.81. The van der Waals surface area contributed by atoms with Crippen molar-refractivity contribution in [3.8, 4) is 0 Å². The number of rotatable bonds is 8. The highest BCUT2D eigenvalue weighted by molar-refractivity contribution is 6.11. The second-order valence-electron chi connectivity index (χ2n) is 8.81. The lowest BCUT2D eigenvalue weighted by Gasteiger charge is -2.48. The average Bonchev–Trinajstić information content (AvgIpc) is 3.15. The highest BCUT2D eigenvalue weighted by Crippen LogP contribution is 2.43. The Morgan fingerprint density at radius 3 is 2.42 bits per heavy atom. The van der Waals surface area contributed by atoms with Crippen LogP contribution in [0, 0.1) is 0 Å². The van der Waals surface area contributed by atoms with Gasteiger partial charge in [0, 0.05) is 13.0 Å². The summed E-state index contributed by atoms with van der Waals surface area (Å²) < 4.78 is 0. The molecule has 2 aromatic rings. The molecule has 2 atom stereocenters. The van der Waals surface area contributed by atoms with Gasteiger partial charge in [0.1, 0.15) is 12.2 Å². The zero-order valence-corrected chi connectivity index (χ0v) is 19.6. The maximum atomic E-state index is 13.4. The molecule has 1 N–H and O–H groups in total. The van der Waals surface area contributed by atoms with Crippen molar-refractivity contribution < 1.29 is 14.4 Å². The van der Waals surface area contributed by atoms with E-state index in [0.717, 1.165) is 18.7 Å². The van der Waals surface area contributed by atoms with Gasteiger partial charge >= 0.3 is 0 Å². The quantitative estimate of drug-likeness (QED) is 0.673. The number of nitrogens with one attached hydrogen (secondary N) is 1. The van der Waals surface area contributed by atoms with Crippen molar-refractivity contribution in [3.05, 3.63) is 65.7 Å². The molecule has 0 bridgehead atoms. The van der Waals surface area contributed by atoms with Crippen LogP contribution in [0.1, 0.15) is 55.6 Å². The minimum atomic E-state index is -0.836. The smallest absolute Gasteiger partial charge is 0.258 e. The van der Waals surface area contributed by atoms with E-state index in [0.29, 0.717) is 30.6 Å². The van der Waals surface area contributed by atoms with Crippen LogP contribution in [0.4, 0.5) is 5.69 Å². The van der Waals surface area contributed by atoms with Gasteiger partial charge in [-0.25, -0.2) is 0 Å². The summed E-state index contributed by atoms with van der Waals surface area (Å²) >= 11 is 0. The highest BCUT2D eigenvalue weighted by atomic mass is 16.2. The summed E-state index contributed by atoms with van der Waals surface area (Å²) in [4.78, 5) is 44.7. The van der Waals surface area contributed by atoms with Gasteiger partial charge in [-0.3, -0.25) is 24.2 Å². The van der Waals surface area contributed by atoms with Crippen LogP contribution < -0.4 is 10.2 Å². The summed E-state index contributed by atoms with van der Waals surface area (Å²) in [6, 6.07) is 17.3. The second kappa shape index (κ2) is 9.35. The first-order valence-corrected chi connectivity index (χ1v) is 11.7. The van der Waals surface area contributed by atoms with Gasteiger partial charge in [-0.15, -0.1) is 0 Å². The highest BCUT2D eigenvalue weighted by Gasteiger charge is 2.53. The molecule has 1 fully saturated rings. The van der Waals surface area contributed by atoms with Crippen molar-refractivity contribution in [1.29, 1.82) is 0 Å². The molecule has 2 unspecified atom stereocenters. The Morgan fingerprint density at radius 2 is 1.73 bits per heavy atom. The predicted octanol–water partition coefficient (Wildman–Crippen LogP) is 3.18. The average molecular weight is 449 g/mol. The number of hydrogen-bond donors (Lipinski definition) is 1.